The number of amides is 2. The molecule has 2 amide bonds. The van der Waals surface area contributed by atoms with Gasteiger partial charge in [-0.2, -0.15) is 8.42 Å². The molecule has 0 radical (unpaired) electrons. The molecule has 0 saturated heterocycles. The number of para-hydroxylation sites is 1. The molecule has 9 nitrogen and oxygen atoms in total. The van der Waals surface area contributed by atoms with Gasteiger partial charge in [0, 0.05) is 29.0 Å². The Bertz CT molecular complexity index is 1470. The van der Waals surface area contributed by atoms with Crippen molar-refractivity contribution in [2.45, 2.75) is 16.4 Å². The predicted molar refractivity (Wildman–Crippen MR) is 116 cm³/mol. The van der Waals surface area contributed by atoms with E-state index in [0.717, 1.165) is 18.2 Å². The Hall–Kier alpha value is -3.15. The topological polar surface area (TPSA) is 140 Å². The van der Waals surface area contributed by atoms with Crippen molar-refractivity contribution in [3.8, 4) is 0 Å². The van der Waals surface area contributed by atoms with Crippen molar-refractivity contribution in [1.82, 2.24) is 5.32 Å². The smallest absolute Gasteiger partial charge is 0.295 e. The van der Waals surface area contributed by atoms with Gasteiger partial charge >= 0.3 is 0 Å². The van der Waals surface area contributed by atoms with E-state index in [-0.39, 0.29) is 27.6 Å². The first kappa shape index (κ1) is 22.1. The Kier molecular flexibility index (Phi) is 5.57. The van der Waals surface area contributed by atoms with Crippen LogP contribution in [-0.4, -0.2) is 34.4 Å². The maximum atomic E-state index is 13.0. The van der Waals surface area contributed by atoms with E-state index in [1.807, 2.05) is 5.32 Å². The zero-order chi connectivity index (χ0) is 23.1. The van der Waals surface area contributed by atoms with Crippen LogP contribution in [0.3, 0.4) is 0 Å². The number of anilines is 1. The van der Waals surface area contributed by atoms with Crippen LogP contribution >= 0.6 is 11.6 Å². The van der Waals surface area contributed by atoms with Crippen molar-refractivity contribution >= 4 is 59.9 Å². The molecule has 0 saturated carbocycles. The van der Waals surface area contributed by atoms with Crippen LogP contribution in [0, 0.1) is 0 Å². The Morgan fingerprint density at radius 2 is 1.78 bits per heavy atom. The van der Waals surface area contributed by atoms with Crippen molar-refractivity contribution in [3.63, 3.8) is 0 Å². The maximum Gasteiger partial charge on any atom is 0.295 e. The summed E-state index contributed by atoms with van der Waals surface area (Å²) < 4.78 is 59.4. The lowest BCUT2D eigenvalue weighted by Gasteiger charge is -2.15. The van der Waals surface area contributed by atoms with Gasteiger partial charge in [-0.1, -0.05) is 29.8 Å². The van der Waals surface area contributed by atoms with Crippen LogP contribution in [0.4, 0.5) is 5.69 Å². The molecule has 0 spiro atoms. The van der Waals surface area contributed by atoms with Gasteiger partial charge in [-0.15, -0.1) is 0 Å². The Morgan fingerprint density at radius 1 is 1.03 bits per heavy atom. The SMILES string of the molecule is O=C1C=C(CS(=O)(=O)c2ccc(Cl)cc2NS(=O)(=O)c2cc3ccccc3o2)CC(=O)N1. The van der Waals surface area contributed by atoms with Crippen LogP contribution in [0.1, 0.15) is 6.42 Å². The molecule has 0 bridgehead atoms. The minimum Gasteiger partial charge on any atom is -0.443 e. The number of carbonyl (C=O) groups excluding carboxylic acids is 2. The van der Waals surface area contributed by atoms with Crippen LogP contribution in [0.25, 0.3) is 11.0 Å². The molecule has 32 heavy (non-hydrogen) atoms. The van der Waals surface area contributed by atoms with Crippen LogP contribution in [0.5, 0.6) is 0 Å². The highest BCUT2D eigenvalue weighted by Gasteiger charge is 2.28. The molecule has 0 atom stereocenters. The second-order valence-corrected chi connectivity index (χ2v) is 11.0. The number of fused-ring (bicyclic) bond motifs is 1. The predicted octanol–water partition coefficient (Wildman–Crippen LogP) is 2.63. The summed E-state index contributed by atoms with van der Waals surface area (Å²) in [6.45, 7) is 0. The molecule has 3 aromatic rings. The maximum absolute atomic E-state index is 13.0. The van der Waals surface area contributed by atoms with Crippen LogP contribution in [-0.2, 0) is 29.4 Å². The molecule has 2 N–H and O–H groups in total. The number of hydrogen-bond donors (Lipinski definition) is 2. The van der Waals surface area contributed by atoms with Gasteiger partial charge in [0.1, 0.15) is 5.58 Å². The first-order chi connectivity index (χ1) is 15.0. The largest absolute Gasteiger partial charge is 0.443 e. The zero-order valence-electron chi connectivity index (χ0n) is 16.2. The molecule has 1 aliphatic heterocycles. The average Bonchev–Trinajstić information content (AvgIpc) is 3.11. The van der Waals surface area contributed by atoms with Crippen molar-refractivity contribution in [2.75, 3.05) is 10.5 Å². The summed E-state index contributed by atoms with van der Waals surface area (Å²) in [4.78, 5) is 22.7. The van der Waals surface area contributed by atoms with E-state index in [1.54, 1.807) is 24.3 Å². The molecule has 1 aromatic heterocycles. The van der Waals surface area contributed by atoms with E-state index >= 15 is 0 Å². The highest BCUT2D eigenvalue weighted by atomic mass is 35.5. The van der Waals surface area contributed by atoms with Crippen molar-refractivity contribution < 1.29 is 30.8 Å². The van der Waals surface area contributed by atoms with Gasteiger partial charge in [-0.3, -0.25) is 19.6 Å². The van der Waals surface area contributed by atoms with Gasteiger partial charge in [0.05, 0.1) is 16.3 Å². The number of hydrogen-bond acceptors (Lipinski definition) is 7. The number of nitrogens with one attached hydrogen (secondary N) is 2. The van der Waals surface area contributed by atoms with E-state index in [4.69, 9.17) is 16.0 Å². The number of carbonyl (C=O) groups is 2. The summed E-state index contributed by atoms with van der Waals surface area (Å²) in [5.74, 6) is -1.98. The lowest BCUT2D eigenvalue weighted by atomic mass is 10.1. The summed E-state index contributed by atoms with van der Waals surface area (Å²) in [7, 11) is -8.45. The fourth-order valence-electron chi connectivity index (χ4n) is 3.21. The first-order valence-electron chi connectivity index (χ1n) is 9.10. The lowest BCUT2D eigenvalue weighted by molar-refractivity contribution is -0.128. The fourth-order valence-corrected chi connectivity index (χ4v) is 6.04. The number of benzene rings is 2. The quantitative estimate of drug-likeness (QED) is 0.502. The van der Waals surface area contributed by atoms with E-state index < -0.39 is 42.5 Å². The van der Waals surface area contributed by atoms with Crippen molar-refractivity contribution in [3.05, 3.63) is 65.2 Å². The first-order valence-corrected chi connectivity index (χ1v) is 12.6. The third kappa shape index (κ3) is 4.54. The van der Waals surface area contributed by atoms with E-state index in [1.165, 1.54) is 12.1 Å². The molecule has 0 aliphatic carbocycles. The minimum atomic E-state index is -4.30. The van der Waals surface area contributed by atoms with Crippen LogP contribution in [0.2, 0.25) is 5.02 Å². The lowest BCUT2D eigenvalue weighted by Crippen LogP contribution is -2.34. The number of furan rings is 1. The van der Waals surface area contributed by atoms with Gasteiger partial charge in [0.25, 0.3) is 15.9 Å². The number of sulfonamides is 1. The number of halogens is 1. The van der Waals surface area contributed by atoms with Crippen LogP contribution < -0.4 is 10.0 Å². The molecule has 2 heterocycles. The summed E-state index contributed by atoms with van der Waals surface area (Å²) in [6.07, 6.45) is 0.770. The normalized spacial score (nSPS) is 14.8. The highest BCUT2D eigenvalue weighted by molar-refractivity contribution is 7.93. The molecule has 0 fully saturated rings. The standard InChI is InChI=1S/C20H15ClN2O7S2/c21-14-5-6-17(31(26,27)11-12-7-18(24)22-19(25)8-12)15(10-14)23-32(28,29)20-9-13-3-1-2-4-16(13)30-20/h1-7,9-10,23H,8,11H2,(H,22,24,25). The number of imide groups is 1. The second-order valence-electron chi connectivity index (χ2n) is 7.00. The minimum absolute atomic E-state index is 0.0831. The molecule has 1 aliphatic rings. The summed E-state index contributed by atoms with van der Waals surface area (Å²) >= 11 is 5.97. The fraction of sp³-hybridized carbons (Fsp3) is 0.100. The zero-order valence-corrected chi connectivity index (χ0v) is 18.6. The highest BCUT2D eigenvalue weighted by Crippen LogP contribution is 2.31. The summed E-state index contributed by atoms with van der Waals surface area (Å²) in [6, 6.07) is 11.6. The summed E-state index contributed by atoms with van der Waals surface area (Å²) in [5.41, 5.74) is 0.143. The third-order valence-electron chi connectivity index (χ3n) is 4.55. The van der Waals surface area contributed by atoms with Gasteiger partial charge in [0.2, 0.25) is 11.0 Å². The molecule has 4 rings (SSSR count). The van der Waals surface area contributed by atoms with E-state index in [0.29, 0.717) is 11.0 Å². The number of sulfone groups is 1. The Labute approximate surface area is 188 Å². The molecular weight excluding hydrogens is 480 g/mol. The number of rotatable bonds is 6. The van der Waals surface area contributed by atoms with Crippen LogP contribution in [0.15, 0.2) is 74.6 Å². The molecule has 12 heteroatoms. The van der Waals surface area contributed by atoms with Crippen molar-refractivity contribution in [1.29, 1.82) is 0 Å². The second kappa shape index (κ2) is 8.08. The Balaban J connectivity index is 1.70. The van der Waals surface area contributed by atoms with Crippen molar-refractivity contribution in [2.24, 2.45) is 0 Å². The van der Waals surface area contributed by atoms with E-state index in [2.05, 4.69) is 4.72 Å². The van der Waals surface area contributed by atoms with Gasteiger partial charge < -0.3 is 4.42 Å². The Morgan fingerprint density at radius 3 is 2.50 bits per heavy atom. The van der Waals surface area contributed by atoms with Gasteiger partial charge in [-0.25, -0.2) is 8.42 Å². The monoisotopic (exact) mass is 494 g/mol. The van der Waals surface area contributed by atoms with E-state index in [9.17, 15) is 26.4 Å². The molecule has 2 aromatic carbocycles. The summed E-state index contributed by atoms with van der Waals surface area (Å²) in [5, 5.41) is 2.29. The molecular formula is C20H15ClN2O7S2. The molecule has 0 unspecified atom stereocenters. The third-order valence-corrected chi connectivity index (χ3v) is 7.78. The average molecular weight is 495 g/mol. The molecule has 166 valence electrons. The van der Waals surface area contributed by atoms with Gasteiger partial charge in [-0.05, 0) is 29.8 Å². The van der Waals surface area contributed by atoms with Gasteiger partial charge in [0.15, 0.2) is 9.84 Å².